The van der Waals surface area contributed by atoms with Gasteiger partial charge in [-0.3, -0.25) is 9.59 Å². The van der Waals surface area contributed by atoms with Gasteiger partial charge in [-0.25, -0.2) is 0 Å². The average molecular weight is 319 g/mol. The van der Waals surface area contributed by atoms with Crippen LogP contribution in [0.3, 0.4) is 0 Å². The number of Topliss-reactive ketones (excluding diaryl/α,β-unsaturated/α-hetero) is 1. The fourth-order valence-electron chi connectivity index (χ4n) is 2.90. The second-order valence-electron chi connectivity index (χ2n) is 5.77. The quantitative estimate of drug-likeness (QED) is 0.849. The summed E-state index contributed by atoms with van der Waals surface area (Å²) in [6.07, 6.45) is 4.76. The first-order valence-corrected chi connectivity index (χ1v) is 7.60. The number of nitrogens with two attached hydrogens (primary N) is 1. The molecule has 0 aromatic heterocycles. The molecule has 4 heteroatoms. The Morgan fingerprint density at radius 1 is 0.958 bits per heavy atom. The summed E-state index contributed by atoms with van der Waals surface area (Å²) in [5.41, 5.74) is 6.73. The molecule has 0 spiro atoms. The van der Waals surface area contributed by atoms with Gasteiger partial charge >= 0.3 is 5.97 Å². The van der Waals surface area contributed by atoms with Crippen LogP contribution in [0.2, 0.25) is 0 Å². The van der Waals surface area contributed by atoms with Crippen LogP contribution >= 0.6 is 0 Å². The van der Waals surface area contributed by atoms with Crippen molar-refractivity contribution in [3.63, 3.8) is 0 Å². The number of aliphatic carboxylic acids is 1. The molecule has 0 heterocycles. The second kappa shape index (κ2) is 6.26. The molecule has 0 radical (unpaired) electrons. The van der Waals surface area contributed by atoms with Gasteiger partial charge in [0.15, 0.2) is 5.78 Å². The number of carboxylic acids is 1. The first-order chi connectivity index (χ1) is 11.5. The first kappa shape index (κ1) is 15.9. The minimum absolute atomic E-state index is 0.394. The standard InChI is InChI=1S/C20H17NO3/c21-20(18(22)15-9-5-2-6-10-15)13-16(11-12-17(20)19(23)24)14-7-3-1-4-8-14/h1-13,17H,21H2,(H,23,24). The molecule has 0 saturated carbocycles. The fraction of sp³-hybridized carbons (Fsp3) is 0.100. The maximum atomic E-state index is 12.9. The van der Waals surface area contributed by atoms with Crippen LogP contribution in [0.1, 0.15) is 15.9 Å². The highest BCUT2D eigenvalue weighted by atomic mass is 16.4. The molecule has 0 amide bonds. The Bertz CT molecular complexity index is 824. The van der Waals surface area contributed by atoms with Gasteiger partial charge in [0.25, 0.3) is 0 Å². The molecule has 4 nitrogen and oxygen atoms in total. The van der Waals surface area contributed by atoms with E-state index in [-0.39, 0.29) is 0 Å². The number of carbonyl (C=O) groups is 2. The smallest absolute Gasteiger partial charge is 0.313 e. The third-order valence-corrected chi connectivity index (χ3v) is 4.18. The Kier molecular flexibility index (Phi) is 4.15. The number of carboxylic acid groups (broad SMARTS) is 1. The minimum Gasteiger partial charge on any atom is -0.481 e. The minimum atomic E-state index is -1.63. The molecule has 3 rings (SSSR count). The van der Waals surface area contributed by atoms with E-state index in [0.29, 0.717) is 5.56 Å². The van der Waals surface area contributed by atoms with E-state index in [1.54, 1.807) is 42.5 Å². The van der Waals surface area contributed by atoms with Crippen molar-refractivity contribution in [1.82, 2.24) is 0 Å². The molecular formula is C20H17NO3. The van der Waals surface area contributed by atoms with Crippen LogP contribution in [0.5, 0.6) is 0 Å². The molecular weight excluding hydrogens is 302 g/mol. The summed E-state index contributed by atoms with van der Waals surface area (Å²) in [4.78, 5) is 24.6. The van der Waals surface area contributed by atoms with Gasteiger partial charge in [0.2, 0.25) is 0 Å². The molecule has 2 aromatic rings. The number of benzene rings is 2. The third kappa shape index (κ3) is 2.79. The van der Waals surface area contributed by atoms with Gasteiger partial charge in [-0.05, 0) is 17.2 Å². The van der Waals surface area contributed by atoms with E-state index in [2.05, 4.69) is 0 Å². The average Bonchev–Trinajstić information content (AvgIpc) is 2.62. The second-order valence-corrected chi connectivity index (χ2v) is 5.77. The first-order valence-electron chi connectivity index (χ1n) is 7.60. The SMILES string of the molecule is NC1(C(=O)c2ccccc2)C=C(c2ccccc2)C=CC1C(=O)O. The number of hydrogen-bond acceptors (Lipinski definition) is 3. The lowest BCUT2D eigenvalue weighted by Crippen LogP contribution is -2.55. The molecule has 0 bridgehead atoms. The van der Waals surface area contributed by atoms with Crippen LogP contribution in [-0.4, -0.2) is 22.4 Å². The molecule has 3 N–H and O–H groups in total. The maximum Gasteiger partial charge on any atom is 0.313 e. The van der Waals surface area contributed by atoms with Crippen molar-refractivity contribution in [3.8, 4) is 0 Å². The normalized spacial score (nSPS) is 22.7. The largest absolute Gasteiger partial charge is 0.481 e. The molecule has 0 aliphatic heterocycles. The van der Waals surface area contributed by atoms with Crippen molar-refractivity contribution in [2.75, 3.05) is 0 Å². The maximum absolute atomic E-state index is 12.9. The zero-order valence-electron chi connectivity index (χ0n) is 12.9. The Morgan fingerprint density at radius 2 is 1.54 bits per heavy atom. The predicted molar refractivity (Wildman–Crippen MR) is 92.4 cm³/mol. The van der Waals surface area contributed by atoms with E-state index in [9.17, 15) is 14.7 Å². The van der Waals surface area contributed by atoms with Crippen molar-refractivity contribution in [2.45, 2.75) is 5.54 Å². The molecule has 1 aliphatic carbocycles. The zero-order chi connectivity index (χ0) is 17.2. The van der Waals surface area contributed by atoms with Crippen molar-refractivity contribution in [3.05, 3.63) is 90.0 Å². The highest BCUT2D eigenvalue weighted by molar-refractivity contribution is 6.09. The van der Waals surface area contributed by atoms with Crippen molar-refractivity contribution in [2.24, 2.45) is 11.7 Å². The van der Waals surface area contributed by atoms with Crippen LogP contribution in [0.25, 0.3) is 5.57 Å². The van der Waals surface area contributed by atoms with Crippen LogP contribution in [0, 0.1) is 5.92 Å². The highest BCUT2D eigenvalue weighted by Crippen LogP contribution is 2.33. The van der Waals surface area contributed by atoms with Crippen LogP contribution in [-0.2, 0) is 4.79 Å². The van der Waals surface area contributed by atoms with Gasteiger partial charge in [0.1, 0.15) is 11.5 Å². The number of allylic oxidation sites excluding steroid dienone is 2. The lowest BCUT2D eigenvalue weighted by atomic mass is 9.73. The van der Waals surface area contributed by atoms with Crippen molar-refractivity contribution >= 4 is 17.3 Å². The van der Waals surface area contributed by atoms with E-state index in [0.717, 1.165) is 11.1 Å². The van der Waals surface area contributed by atoms with Gasteiger partial charge in [-0.15, -0.1) is 0 Å². The summed E-state index contributed by atoms with van der Waals surface area (Å²) in [7, 11) is 0. The molecule has 120 valence electrons. The number of carbonyl (C=O) groups excluding carboxylic acids is 1. The van der Waals surface area contributed by atoms with E-state index in [1.807, 2.05) is 30.3 Å². The summed E-state index contributed by atoms with van der Waals surface area (Å²) in [5.74, 6) is -2.65. The lowest BCUT2D eigenvalue weighted by Gasteiger charge is -2.32. The van der Waals surface area contributed by atoms with Crippen LogP contribution in [0.4, 0.5) is 0 Å². The van der Waals surface area contributed by atoms with Crippen molar-refractivity contribution < 1.29 is 14.7 Å². The van der Waals surface area contributed by atoms with Gasteiger partial charge in [-0.1, -0.05) is 72.8 Å². The van der Waals surface area contributed by atoms with E-state index >= 15 is 0 Å². The highest BCUT2D eigenvalue weighted by Gasteiger charge is 2.45. The molecule has 0 fully saturated rings. The van der Waals surface area contributed by atoms with E-state index in [4.69, 9.17) is 5.73 Å². The number of ketones is 1. The predicted octanol–water partition coefficient (Wildman–Crippen LogP) is 2.92. The Balaban J connectivity index is 2.09. The monoisotopic (exact) mass is 319 g/mol. The fourth-order valence-corrected chi connectivity index (χ4v) is 2.90. The van der Waals surface area contributed by atoms with Crippen molar-refractivity contribution in [1.29, 1.82) is 0 Å². The van der Waals surface area contributed by atoms with E-state index in [1.165, 1.54) is 6.08 Å². The van der Waals surface area contributed by atoms with E-state index < -0.39 is 23.2 Å². The molecule has 0 saturated heterocycles. The topological polar surface area (TPSA) is 80.4 Å². The number of hydrogen-bond donors (Lipinski definition) is 2. The number of rotatable bonds is 4. The third-order valence-electron chi connectivity index (χ3n) is 4.18. The van der Waals surface area contributed by atoms with Crippen LogP contribution in [0.15, 0.2) is 78.9 Å². The van der Waals surface area contributed by atoms with Crippen LogP contribution < -0.4 is 5.73 Å². The Labute approximate surface area is 139 Å². The van der Waals surface area contributed by atoms with Gasteiger partial charge in [0, 0.05) is 5.56 Å². The van der Waals surface area contributed by atoms with Gasteiger partial charge in [-0.2, -0.15) is 0 Å². The molecule has 24 heavy (non-hydrogen) atoms. The lowest BCUT2D eigenvalue weighted by molar-refractivity contribution is -0.141. The summed E-state index contributed by atoms with van der Waals surface area (Å²) in [6, 6.07) is 18.0. The Morgan fingerprint density at radius 3 is 2.12 bits per heavy atom. The molecule has 1 aliphatic rings. The summed E-state index contributed by atoms with van der Waals surface area (Å²) in [6.45, 7) is 0. The summed E-state index contributed by atoms with van der Waals surface area (Å²) < 4.78 is 0. The molecule has 2 unspecified atom stereocenters. The summed E-state index contributed by atoms with van der Waals surface area (Å²) >= 11 is 0. The Hall–Kier alpha value is -2.98. The summed E-state index contributed by atoms with van der Waals surface area (Å²) in [5, 5.41) is 9.51. The van der Waals surface area contributed by atoms with Gasteiger partial charge < -0.3 is 10.8 Å². The van der Waals surface area contributed by atoms with Gasteiger partial charge in [0.05, 0.1) is 0 Å². The molecule has 2 atom stereocenters. The zero-order valence-corrected chi connectivity index (χ0v) is 12.9. The molecule has 2 aromatic carbocycles.